The van der Waals surface area contributed by atoms with Crippen LogP contribution in [0, 0.1) is 6.92 Å². The molecule has 0 aliphatic heterocycles. The third-order valence-corrected chi connectivity index (χ3v) is 2.77. The number of carbonyl (C=O) groups excluding carboxylic acids is 1. The molecule has 1 aromatic rings. The highest BCUT2D eigenvalue weighted by Crippen LogP contribution is 2.37. The predicted octanol–water partition coefficient (Wildman–Crippen LogP) is 0.508. The zero-order valence-corrected chi connectivity index (χ0v) is 9.86. The summed E-state index contributed by atoms with van der Waals surface area (Å²) in [6, 6.07) is 1.74. The zero-order valence-electron chi connectivity index (χ0n) is 9.86. The number of nitrogens with zero attached hydrogens (tertiary/aromatic N) is 2. The molecule has 17 heavy (non-hydrogen) atoms. The van der Waals surface area contributed by atoms with Gasteiger partial charge in [0, 0.05) is 11.8 Å². The number of carbonyl (C=O) groups is 1. The SMILES string of the molecule is COC(=O)c1nc(C)cc(NC2(CO)CC2)n1. The van der Waals surface area contributed by atoms with Crippen molar-refractivity contribution in [3.8, 4) is 0 Å². The van der Waals surface area contributed by atoms with Gasteiger partial charge in [-0.2, -0.15) is 0 Å². The number of aryl methyl sites for hydroxylation is 1. The van der Waals surface area contributed by atoms with Crippen LogP contribution in [-0.2, 0) is 4.74 Å². The van der Waals surface area contributed by atoms with Crippen molar-refractivity contribution >= 4 is 11.8 Å². The molecule has 0 aromatic carbocycles. The Balaban J connectivity index is 2.22. The molecule has 0 saturated heterocycles. The Labute approximate surface area is 99.0 Å². The highest BCUT2D eigenvalue weighted by molar-refractivity contribution is 5.85. The molecule has 2 rings (SSSR count). The van der Waals surface area contributed by atoms with E-state index in [-0.39, 0.29) is 18.0 Å². The molecule has 1 aliphatic carbocycles. The molecule has 2 N–H and O–H groups in total. The van der Waals surface area contributed by atoms with E-state index in [0.717, 1.165) is 12.8 Å². The first kappa shape index (κ1) is 11.8. The van der Waals surface area contributed by atoms with Crippen molar-refractivity contribution in [2.75, 3.05) is 19.0 Å². The number of hydrogen-bond donors (Lipinski definition) is 2. The van der Waals surface area contributed by atoms with Crippen LogP contribution in [0.2, 0.25) is 0 Å². The average Bonchev–Trinajstić information content (AvgIpc) is 3.07. The van der Waals surface area contributed by atoms with E-state index < -0.39 is 5.97 Å². The Morgan fingerprint density at radius 2 is 2.29 bits per heavy atom. The van der Waals surface area contributed by atoms with Gasteiger partial charge < -0.3 is 15.2 Å². The molecule has 6 nitrogen and oxygen atoms in total. The van der Waals surface area contributed by atoms with Gasteiger partial charge in [0.05, 0.1) is 19.3 Å². The van der Waals surface area contributed by atoms with Gasteiger partial charge in [0.25, 0.3) is 0 Å². The lowest BCUT2D eigenvalue weighted by molar-refractivity contribution is 0.0586. The number of hydrogen-bond acceptors (Lipinski definition) is 6. The summed E-state index contributed by atoms with van der Waals surface area (Å²) in [6.07, 6.45) is 1.81. The van der Waals surface area contributed by atoms with E-state index in [0.29, 0.717) is 11.5 Å². The fourth-order valence-corrected chi connectivity index (χ4v) is 1.56. The lowest BCUT2D eigenvalue weighted by Gasteiger charge is -2.15. The second-order valence-corrected chi connectivity index (χ2v) is 4.27. The van der Waals surface area contributed by atoms with Crippen LogP contribution in [0.4, 0.5) is 5.82 Å². The van der Waals surface area contributed by atoms with Gasteiger partial charge in [-0.05, 0) is 19.8 Å². The maximum atomic E-state index is 11.3. The van der Waals surface area contributed by atoms with E-state index in [9.17, 15) is 9.90 Å². The fraction of sp³-hybridized carbons (Fsp3) is 0.545. The second kappa shape index (κ2) is 4.29. The molecule has 1 saturated carbocycles. The van der Waals surface area contributed by atoms with E-state index in [1.54, 1.807) is 13.0 Å². The summed E-state index contributed by atoms with van der Waals surface area (Å²) in [6.45, 7) is 1.83. The van der Waals surface area contributed by atoms with Crippen LogP contribution in [-0.4, -0.2) is 40.3 Å². The number of anilines is 1. The summed E-state index contributed by atoms with van der Waals surface area (Å²) >= 11 is 0. The number of aliphatic hydroxyl groups excluding tert-OH is 1. The number of esters is 1. The van der Waals surface area contributed by atoms with Crippen molar-refractivity contribution in [1.29, 1.82) is 0 Å². The van der Waals surface area contributed by atoms with E-state index >= 15 is 0 Å². The van der Waals surface area contributed by atoms with E-state index in [2.05, 4.69) is 20.0 Å². The van der Waals surface area contributed by atoms with Crippen molar-refractivity contribution in [2.24, 2.45) is 0 Å². The molecule has 6 heteroatoms. The summed E-state index contributed by atoms with van der Waals surface area (Å²) in [4.78, 5) is 19.4. The van der Waals surface area contributed by atoms with E-state index in [1.165, 1.54) is 7.11 Å². The number of aliphatic hydroxyl groups is 1. The van der Waals surface area contributed by atoms with Crippen molar-refractivity contribution in [1.82, 2.24) is 9.97 Å². The Morgan fingerprint density at radius 3 is 2.82 bits per heavy atom. The molecular formula is C11H15N3O3. The van der Waals surface area contributed by atoms with Gasteiger partial charge in [-0.3, -0.25) is 0 Å². The molecule has 0 unspecified atom stereocenters. The van der Waals surface area contributed by atoms with Gasteiger partial charge in [-0.15, -0.1) is 0 Å². The largest absolute Gasteiger partial charge is 0.463 e. The zero-order chi connectivity index (χ0) is 12.5. The Hall–Kier alpha value is -1.69. The Bertz CT molecular complexity index is 444. The lowest BCUT2D eigenvalue weighted by Crippen LogP contribution is -2.26. The van der Waals surface area contributed by atoms with Gasteiger partial charge in [0.2, 0.25) is 5.82 Å². The molecule has 0 spiro atoms. The third-order valence-electron chi connectivity index (χ3n) is 2.77. The molecule has 1 aromatic heterocycles. The highest BCUT2D eigenvalue weighted by Gasteiger charge is 2.42. The van der Waals surface area contributed by atoms with Gasteiger partial charge >= 0.3 is 5.97 Å². The van der Waals surface area contributed by atoms with Crippen LogP contribution in [0.25, 0.3) is 0 Å². The Kier molecular flexibility index (Phi) is 2.97. The summed E-state index contributed by atoms with van der Waals surface area (Å²) in [5.74, 6) is 0.0128. The predicted molar refractivity (Wildman–Crippen MR) is 60.8 cm³/mol. The number of aromatic nitrogens is 2. The summed E-state index contributed by atoms with van der Waals surface area (Å²) in [7, 11) is 1.29. The smallest absolute Gasteiger partial charge is 0.376 e. The molecule has 0 amide bonds. The van der Waals surface area contributed by atoms with Crippen LogP contribution in [0.5, 0.6) is 0 Å². The fourth-order valence-electron chi connectivity index (χ4n) is 1.56. The first-order valence-electron chi connectivity index (χ1n) is 5.42. The topological polar surface area (TPSA) is 84.3 Å². The standard InChI is InChI=1S/C11H15N3O3/c1-7-5-8(14-11(6-15)3-4-11)13-9(12-7)10(16)17-2/h5,15H,3-4,6H2,1-2H3,(H,12,13,14). The van der Waals surface area contributed by atoms with Gasteiger partial charge in [0.1, 0.15) is 5.82 Å². The molecular weight excluding hydrogens is 222 g/mol. The van der Waals surface area contributed by atoms with Crippen molar-refractivity contribution in [2.45, 2.75) is 25.3 Å². The van der Waals surface area contributed by atoms with Gasteiger partial charge in [-0.1, -0.05) is 0 Å². The van der Waals surface area contributed by atoms with Crippen LogP contribution in [0.3, 0.4) is 0 Å². The van der Waals surface area contributed by atoms with Crippen LogP contribution in [0.15, 0.2) is 6.07 Å². The average molecular weight is 237 g/mol. The first-order valence-corrected chi connectivity index (χ1v) is 5.42. The monoisotopic (exact) mass is 237 g/mol. The number of rotatable bonds is 4. The molecule has 1 aliphatic rings. The van der Waals surface area contributed by atoms with Crippen molar-refractivity contribution in [3.63, 3.8) is 0 Å². The second-order valence-electron chi connectivity index (χ2n) is 4.27. The van der Waals surface area contributed by atoms with E-state index in [4.69, 9.17) is 0 Å². The quantitative estimate of drug-likeness (QED) is 0.742. The third kappa shape index (κ3) is 2.52. The molecule has 92 valence electrons. The summed E-state index contributed by atoms with van der Waals surface area (Å²) in [5.41, 5.74) is 0.408. The van der Waals surface area contributed by atoms with Crippen molar-refractivity contribution < 1.29 is 14.6 Å². The molecule has 1 heterocycles. The van der Waals surface area contributed by atoms with Crippen LogP contribution >= 0.6 is 0 Å². The lowest BCUT2D eigenvalue weighted by atomic mass is 10.3. The normalized spacial score (nSPS) is 16.4. The number of methoxy groups -OCH3 is 1. The maximum Gasteiger partial charge on any atom is 0.376 e. The molecule has 1 fully saturated rings. The van der Waals surface area contributed by atoms with Gasteiger partial charge in [-0.25, -0.2) is 14.8 Å². The van der Waals surface area contributed by atoms with Crippen LogP contribution in [0.1, 0.15) is 29.2 Å². The molecule has 0 bridgehead atoms. The van der Waals surface area contributed by atoms with E-state index in [1.807, 2.05) is 0 Å². The first-order chi connectivity index (χ1) is 8.08. The number of ether oxygens (including phenoxy) is 1. The highest BCUT2D eigenvalue weighted by atomic mass is 16.5. The Morgan fingerprint density at radius 1 is 1.59 bits per heavy atom. The molecule has 0 atom stereocenters. The minimum Gasteiger partial charge on any atom is -0.463 e. The summed E-state index contributed by atoms with van der Waals surface area (Å²) in [5, 5.41) is 12.3. The van der Waals surface area contributed by atoms with Crippen molar-refractivity contribution in [3.05, 3.63) is 17.6 Å². The number of nitrogens with one attached hydrogen (secondary N) is 1. The maximum absolute atomic E-state index is 11.3. The molecule has 0 radical (unpaired) electrons. The minimum atomic E-state index is -0.564. The van der Waals surface area contributed by atoms with Crippen LogP contribution < -0.4 is 5.32 Å². The minimum absolute atomic E-state index is 0.0312. The van der Waals surface area contributed by atoms with Gasteiger partial charge in [0.15, 0.2) is 0 Å². The summed E-state index contributed by atoms with van der Waals surface area (Å²) < 4.78 is 4.58.